The first-order chi connectivity index (χ1) is 13.1. The van der Waals surface area contributed by atoms with Gasteiger partial charge in [-0.25, -0.2) is 9.37 Å². The van der Waals surface area contributed by atoms with E-state index in [-0.39, 0.29) is 41.0 Å². The zero-order valence-electron chi connectivity index (χ0n) is 15.1. The standard InChI is InChI=1S/C22H23FN2O2/c23-16-3-1-2-15-18-10-24-11-25(18)17(20(15)16)6-19(26)22-7-12-4-13(8-22)21(27)14(5-12)9-22/h1-3,10-14,17,21,27H,4-9H2/t12?,13-,14?,17?,21?,22?/m1/s1. The average molecular weight is 366 g/mol. The van der Waals surface area contributed by atoms with E-state index in [0.29, 0.717) is 17.9 Å². The number of carbonyl (C=O) groups is 1. The molecule has 4 saturated carbocycles. The summed E-state index contributed by atoms with van der Waals surface area (Å²) in [4.78, 5) is 17.8. The summed E-state index contributed by atoms with van der Waals surface area (Å²) in [5.74, 6) is 1.14. The number of imidazole rings is 1. The predicted molar refractivity (Wildman–Crippen MR) is 97.4 cm³/mol. The third-order valence-electron chi connectivity index (χ3n) is 7.86. The smallest absolute Gasteiger partial charge is 0.141 e. The zero-order chi connectivity index (χ0) is 18.3. The second kappa shape index (κ2) is 5.28. The number of hydrogen-bond donors (Lipinski definition) is 1. The molecule has 1 aromatic heterocycles. The number of ketones is 1. The maximum atomic E-state index is 14.7. The molecule has 0 spiro atoms. The molecule has 5 aliphatic rings. The molecular formula is C22H23FN2O2. The summed E-state index contributed by atoms with van der Waals surface area (Å²) in [6, 6.07) is 4.81. The van der Waals surface area contributed by atoms with Crippen LogP contribution in [-0.4, -0.2) is 26.5 Å². The number of halogens is 1. The summed E-state index contributed by atoms with van der Waals surface area (Å²) < 4.78 is 16.6. The monoisotopic (exact) mass is 366 g/mol. The predicted octanol–water partition coefficient (Wildman–Crippen LogP) is 3.74. The van der Waals surface area contributed by atoms with Crippen LogP contribution in [0.5, 0.6) is 0 Å². The Kier molecular flexibility index (Phi) is 3.13. The molecule has 0 radical (unpaired) electrons. The van der Waals surface area contributed by atoms with Gasteiger partial charge in [-0.05, 0) is 55.9 Å². The van der Waals surface area contributed by atoms with Crippen LogP contribution in [0, 0.1) is 29.0 Å². The van der Waals surface area contributed by atoms with Crippen LogP contribution < -0.4 is 0 Å². The van der Waals surface area contributed by atoms with Gasteiger partial charge in [0.15, 0.2) is 0 Å². The fourth-order valence-corrected chi connectivity index (χ4v) is 6.93. The lowest BCUT2D eigenvalue weighted by molar-refractivity contribution is -0.161. The quantitative estimate of drug-likeness (QED) is 0.900. The molecule has 1 aromatic carbocycles. The molecule has 4 aliphatic carbocycles. The minimum atomic E-state index is -0.302. The highest BCUT2D eigenvalue weighted by Crippen LogP contribution is 2.61. The van der Waals surface area contributed by atoms with Crippen LogP contribution in [0.15, 0.2) is 30.7 Å². The number of fused-ring (bicyclic) bond motifs is 3. The van der Waals surface area contributed by atoms with Crippen molar-refractivity contribution < 1.29 is 14.3 Å². The Morgan fingerprint density at radius 1 is 1.26 bits per heavy atom. The minimum absolute atomic E-state index is 0.229. The fraction of sp³-hybridized carbons (Fsp3) is 0.545. The van der Waals surface area contributed by atoms with Gasteiger partial charge >= 0.3 is 0 Å². The SMILES string of the molecule is O=C(CC1c2c(F)cccc2-c2cncn21)C12CC3CC(C1)C(O)[C@H](C3)C2. The Morgan fingerprint density at radius 2 is 2.04 bits per heavy atom. The molecule has 5 unspecified atom stereocenters. The van der Waals surface area contributed by atoms with Crippen molar-refractivity contribution in [2.24, 2.45) is 23.2 Å². The van der Waals surface area contributed by atoms with Crippen LogP contribution in [0.3, 0.4) is 0 Å². The largest absolute Gasteiger partial charge is 0.393 e. The van der Waals surface area contributed by atoms with Crippen molar-refractivity contribution in [2.45, 2.75) is 50.7 Å². The molecule has 0 amide bonds. The molecule has 0 saturated heterocycles. The van der Waals surface area contributed by atoms with E-state index in [1.165, 1.54) is 6.07 Å². The number of rotatable bonds is 3. The molecular weight excluding hydrogens is 343 g/mol. The number of hydrogen-bond acceptors (Lipinski definition) is 3. The van der Waals surface area contributed by atoms with Crippen LogP contribution in [0.4, 0.5) is 4.39 Å². The van der Waals surface area contributed by atoms with Crippen LogP contribution >= 0.6 is 0 Å². The summed E-state index contributed by atoms with van der Waals surface area (Å²) in [5.41, 5.74) is 2.08. The Labute approximate surface area is 157 Å². The van der Waals surface area contributed by atoms with Gasteiger partial charge in [0, 0.05) is 23.0 Å². The number of Topliss-reactive ketones (excluding diaryl/α,β-unsaturated/α-hetero) is 1. The number of aliphatic hydroxyl groups is 1. The van der Waals surface area contributed by atoms with Crippen LogP contribution in [-0.2, 0) is 4.79 Å². The van der Waals surface area contributed by atoms with E-state index in [2.05, 4.69) is 4.98 Å². The molecule has 1 N–H and O–H groups in total. The number of aliphatic hydroxyl groups excluding tert-OH is 1. The molecule has 1 aliphatic heterocycles. The number of benzene rings is 1. The first kappa shape index (κ1) is 16.0. The molecule has 2 aromatic rings. The van der Waals surface area contributed by atoms with Crippen molar-refractivity contribution >= 4 is 5.78 Å². The average Bonchev–Trinajstić information content (AvgIpc) is 3.22. The lowest BCUT2D eigenvalue weighted by atomic mass is 9.47. The summed E-state index contributed by atoms with van der Waals surface area (Å²) in [6.07, 6.45) is 8.28. The second-order valence-corrected chi connectivity index (χ2v) is 9.27. The normalized spacial score (nSPS) is 38.1. The van der Waals surface area contributed by atoms with Gasteiger partial charge in [-0.1, -0.05) is 12.1 Å². The molecule has 27 heavy (non-hydrogen) atoms. The highest BCUT2D eigenvalue weighted by Gasteiger charge is 2.58. The lowest BCUT2D eigenvalue weighted by Crippen LogP contribution is -2.56. The maximum absolute atomic E-state index is 14.7. The van der Waals surface area contributed by atoms with Gasteiger partial charge in [0.2, 0.25) is 0 Å². The molecule has 4 nitrogen and oxygen atoms in total. The molecule has 140 valence electrons. The molecule has 4 bridgehead atoms. The van der Waals surface area contributed by atoms with Gasteiger partial charge in [0.25, 0.3) is 0 Å². The Morgan fingerprint density at radius 3 is 2.81 bits per heavy atom. The molecule has 2 heterocycles. The van der Waals surface area contributed by atoms with Crippen molar-refractivity contribution in [3.8, 4) is 11.3 Å². The lowest BCUT2D eigenvalue weighted by Gasteiger charge is -2.58. The number of aromatic nitrogens is 2. The Bertz CT molecular complexity index is 936. The molecule has 5 heteroatoms. The first-order valence-corrected chi connectivity index (χ1v) is 10.1. The Hall–Kier alpha value is -2.01. The van der Waals surface area contributed by atoms with Gasteiger partial charge in [-0.2, -0.15) is 0 Å². The van der Waals surface area contributed by atoms with E-state index in [1.807, 2.05) is 10.6 Å². The first-order valence-electron chi connectivity index (χ1n) is 10.1. The van der Waals surface area contributed by atoms with E-state index < -0.39 is 0 Å². The second-order valence-electron chi connectivity index (χ2n) is 9.27. The fourth-order valence-electron chi connectivity index (χ4n) is 6.93. The third-order valence-corrected chi connectivity index (χ3v) is 7.86. The van der Waals surface area contributed by atoms with Crippen LogP contribution in [0.1, 0.15) is 50.1 Å². The van der Waals surface area contributed by atoms with E-state index in [1.54, 1.807) is 18.6 Å². The van der Waals surface area contributed by atoms with E-state index in [0.717, 1.165) is 43.4 Å². The Balaban J connectivity index is 1.36. The van der Waals surface area contributed by atoms with Crippen LogP contribution in [0.25, 0.3) is 11.3 Å². The summed E-state index contributed by atoms with van der Waals surface area (Å²) in [7, 11) is 0. The van der Waals surface area contributed by atoms with Crippen molar-refractivity contribution in [3.63, 3.8) is 0 Å². The van der Waals surface area contributed by atoms with Gasteiger partial charge in [0.05, 0.1) is 30.4 Å². The molecule has 7 rings (SSSR count). The van der Waals surface area contributed by atoms with Crippen LogP contribution in [0.2, 0.25) is 0 Å². The molecule has 4 fully saturated rings. The summed E-state index contributed by atoms with van der Waals surface area (Å²) in [6.45, 7) is 0. The van der Waals surface area contributed by atoms with Gasteiger partial charge in [-0.15, -0.1) is 0 Å². The molecule has 6 atom stereocenters. The van der Waals surface area contributed by atoms with Gasteiger partial charge in [-0.3, -0.25) is 4.79 Å². The highest BCUT2D eigenvalue weighted by atomic mass is 19.1. The zero-order valence-corrected chi connectivity index (χ0v) is 15.1. The van der Waals surface area contributed by atoms with E-state index in [4.69, 9.17) is 0 Å². The van der Waals surface area contributed by atoms with E-state index >= 15 is 0 Å². The maximum Gasteiger partial charge on any atom is 0.141 e. The topological polar surface area (TPSA) is 55.1 Å². The number of nitrogens with zero attached hydrogens (tertiary/aromatic N) is 2. The van der Waals surface area contributed by atoms with Crippen molar-refractivity contribution in [3.05, 3.63) is 42.1 Å². The van der Waals surface area contributed by atoms with Gasteiger partial charge < -0.3 is 9.67 Å². The van der Waals surface area contributed by atoms with Crippen molar-refractivity contribution in [1.29, 1.82) is 0 Å². The third kappa shape index (κ3) is 2.06. The van der Waals surface area contributed by atoms with Gasteiger partial charge in [0.1, 0.15) is 11.6 Å². The summed E-state index contributed by atoms with van der Waals surface area (Å²) in [5, 5.41) is 10.5. The minimum Gasteiger partial charge on any atom is -0.393 e. The van der Waals surface area contributed by atoms with Crippen molar-refractivity contribution in [2.75, 3.05) is 0 Å². The van der Waals surface area contributed by atoms with E-state index in [9.17, 15) is 14.3 Å². The summed E-state index contributed by atoms with van der Waals surface area (Å²) >= 11 is 0. The highest BCUT2D eigenvalue weighted by molar-refractivity contribution is 5.87. The van der Waals surface area contributed by atoms with Crippen molar-refractivity contribution in [1.82, 2.24) is 9.55 Å². The number of carbonyl (C=O) groups excluding carboxylic acids is 1.